The Bertz CT molecular complexity index is 791. The second-order valence-electron chi connectivity index (χ2n) is 8.57. The summed E-state index contributed by atoms with van der Waals surface area (Å²) in [5.74, 6) is 0.427. The maximum absolute atomic E-state index is 13.0. The lowest BCUT2D eigenvalue weighted by Gasteiger charge is -2.34. The molecule has 0 unspecified atom stereocenters. The van der Waals surface area contributed by atoms with E-state index in [1.165, 1.54) is 12.8 Å². The van der Waals surface area contributed by atoms with E-state index in [1.54, 1.807) is 11.8 Å². The summed E-state index contributed by atoms with van der Waals surface area (Å²) in [6.07, 6.45) is 6.98. The number of likely N-dealkylation sites (tertiary alicyclic amines) is 2. The van der Waals surface area contributed by atoms with Gasteiger partial charge in [-0.1, -0.05) is 12.8 Å². The number of hydrogen-bond acceptors (Lipinski definition) is 3. The first kappa shape index (κ1) is 19.9. The molecule has 0 radical (unpaired) electrons. The number of piperidine rings is 1. The number of benzene rings is 1. The third-order valence-corrected chi connectivity index (χ3v) is 6.65. The van der Waals surface area contributed by atoms with E-state index in [4.69, 9.17) is 0 Å². The lowest BCUT2D eigenvalue weighted by Crippen LogP contribution is -2.44. The molecule has 2 saturated heterocycles. The van der Waals surface area contributed by atoms with Crippen LogP contribution in [0.2, 0.25) is 0 Å². The number of hydrogen-bond donors (Lipinski definition) is 0. The molecular weight excluding hydrogens is 366 g/mol. The summed E-state index contributed by atoms with van der Waals surface area (Å²) in [6, 6.07) is 5.67. The zero-order chi connectivity index (χ0) is 20.4. The third kappa shape index (κ3) is 4.16. The van der Waals surface area contributed by atoms with Gasteiger partial charge in [0.2, 0.25) is 11.8 Å². The van der Waals surface area contributed by atoms with Crippen LogP contribution in [0.25, 0.3) is 0 Å². The summed E-state index contributed by atoms with van der Waals surface area (Å²) in [6.45, 7) is 5.33. The fraction of sp³-hybridized carbons (Fsp3) is 0.609. The van der Waals surface area contributed by atoms with Crippen molar-refractivity contribution < 1.29 is 14.4 Å². The Morgan fingerprint density at radius 1 is 0.862 bits per heavy atom. The molecule has 3 aliphatic heterocycles. The lowest BCUT2D eigenvalue weighted by atomic mass is 9.94. The summed E-state index contributed by atoms with van der Waals surface area (Å²) in [5, 5.41) is 0. The van der Waals surface area contributed by atoms with E-state index in [0.717, 1.165) is 56.4 Å². The summed E-state index contributed by atoms with van der Waals surface area (Å²) >= 11 is 0. The van der Waals surface area contributed by atoms with Gasteiger partial charge in [0.25, 0.3) is 5.91 Å². The fourth-order valence-electron chi connectivity index (χ4n) is 4.92. The minimum absolute atomic E-state index is 0.0368. The van der Waals surface area contributed by atoms with Crippen LogP contribution in [0.4, 0.5) is 5.69 Å². The largest absolute Gasteiger partial charge is 0.342 e. The topological polar surface area (TPSA) is 60.9 Å². The molecule has 1 aromatic rings. The minimum atomic E-state index is 0.0368. The molecule has 2 fully saturated rings. The van der Waals surface area contributed by atoms with Gasteiger partial charge < -0.3 is 14.7 Å². The SMILES string of the molecule is CC(=O)N1CCc2cc(C(=O)N3CCC(C(=O)N4CCCCCC4)CC3)ccc21. The van der Waals surface area contributed by atoms with Gasteiger partial charge in [-0.3, -0.25) is 14.4 Å². The molecule has 0 aliphatic carbocycles. The van der Waals surface area contributed by atoms with E-state index in [0.29, 0.717) is 31.1 Å². The standard InChI is InChI=1S/C23H31N3O3/c1-17(27)26-15-10-19-16-20(6-7-21(19)26)23(29)25-13-8-18(9-14-25)22(28)24-11-4-2-3-5-12-24/h6-7,16,18H,2-5,8-15H2,1H3. The van der Waals surface area contributed by atoms with Crippen molar-refractivity contribution in [1.82, 2.24) is 9.80 Å². The molecular formula is C23H31N3O3. The highest BCUT2D eigenvalue weighted by molar-refractivity contribution is 5.98. The van der Waals surface area contributed by atoms with Crippen molar-refractivity contribution in [3.8, 4) is 0 Å². The molecule has 0 spiro atoms. The quantitative estimate of drug-likeness (QED) is 0.771. The molecule has 0 bridgehead atoms. The Balaban J connectivity index is 1.36. The van der Waals surface area contributed by atoms with Crippen molar-refractivity contribution in [2.24, 2.45) is 5.92 Å². The molecule has 4 rings (SSSR count). The number of rotatable bonds is 2. The molecule has 0 atom stereocenters. The van der Waals surface area contributed by atoms with E-state index in [9.17, 15) is 14.4 Å². The van der Waals surface area contributed by atoms with E-state index in [-0.39, 0.29) is 17.7 Å². The molecule has 3 amide bonds. The molecule has 0 N–H and O–H groups in total. The predicted octanol–water partition coefficient (Wildman–Crippen LogP) is 2.85. The highest BCUT2D eigenvalue weighted by Gasteiger charge is 2.31. The van der Waals surface area contributed by atoms with Crippen LogP contribution in [-0.2, 0) is 16.0 Å². The molecule has 0 saturated carbocycles. The van der Waals surface area contributed by atoms with Gasteiger partial charge in [0.1, 0.15) is 0 Å². The van der Waals surface area contributed by atoms with Crippen molar-refractivity contribution in [1.29, 1.82) is 0 Å². The van der Waals surface area contributed by atoms with Crippen molar-refractivity contribution in [2.75, 3.05) is 37.6 Å². The molecule has 156 valence electrons. The summed E-state index contributed by atoms with van der Waals surface area (Å²) in [5.41, 5.74) is 2.68. The van der Waals surface area contributed by atoms with Crippen LogP contribution in [0.15, 0.2) is 18.2 Å². The first-order valence-electron chi connectivity index (χ1n) is 11.0. The number of carbonyl (C=O) groups is 3. The molecule has 1 aromatic carbocycles. The summed E-state index contributed by atoms with van der Waals surface area (Å²) < 4.78 is 0. The second-order valence-corrected chi connectivity index (χ2v) is 8.57. The van der Waals surface area contributed by atoms with Crippen molar-refractivity contribution in [3.05, 3.63) is 29.3 Å². The fourth-order valence-corrected chi connectivity index (χ4v) is 4.92. The van der Waals surface area contributed by atoms with E-state index in [2.05, 4.69) is 4.90 Å². The highest BCUT2D eigenvalue weighted by atomic mass is 16.2. The Morgan fingerprint density at radius 3 is 2.21 bits per heavy atom. The van der Waals surface area contributed by atoms with E-state index in [1.807, 2.05) is 23.1 Å². The number of carbonyl (C=O) groups excluding carboxylic acids is 3. The van der Waals surface area contributed by atoms with Crippen LogP contribution in [0.5, 0.6) is 0 Å². The lowest BCUT2D eigenvalue weighted by molar-refractivity contribution is -0.136. The smallest absolute Gasteiger partial charge is 0.253 e. The van der Waals surface area contributed by atoms with Crippen LogP contribution in [0.1, 0.15) is 61.4 Å². The maximum Gasteiger partial charge on any atom is 0.253 e. The van der Waals surface area contributed by atoms with Gasteiger partial charge in [0, 0.05) is 56.8 Å². The average molecular weight is 398 g/mol. The first-order chi connectivity index (χ1) is 14.0. The Labute approximate surface area is 172 Å². The number of anilines is 1. The van der Waals surface area contributed by atoms with Gasteiger partial charge in [-0.05, 0) is 55.9 Å². The van der Waals surface area contributed by atoms with Crippen molar-refractivity contribution in [2.45, 2.75) is 51.9 Å². The van der Waals surface area contributed by atoms with Gasteiger partial charge in [-0.2, -0.15) is 0 Å². The Hall–Kier alpha value is -2.37. The highest BCUT2D eigenvalue weighted by Crippen LogP contribution is 2.30. The monoisotopic (exact) mass is 397 g/mol. The minimum Gasteiger partial charge on any atom is -0.342 e. The zero-order valence-corrected chi connectivity index (χ0v) is 17.4. The molecule has 6 heteroatoms. The van der Waals surface area contributed by atoms with Crippen molar-refractivity contribution in [3.63, 3.8) is 0 Å². The molecule has 0 aromatic heterocycles. The van der Waals surface area contributed by atoms with Crippen LogP contribution in [0.3, 0.4) is 0 Å². The van der Waals surface area contributed by atoms with Gasteiger partial charge in [-0.25, -0.2) is 0 Å². The first-order valence-corrected chi connectivity index (χ1v) is 11.0. The Kier molecular flexibility index (Phi) is 5.88. The average Bonchev–Trinajstić information content (AvgIpc) is 2.98. The zero-order valence-electron chi connectivity index (χ0n) is 17.4. The van der Waals surface area contributed by atoms with Gasteiger partial charge in [0.15, 0.2) is 0 Å². The Morgan fingerprint density at radius 2 is 1.55 bits per heavy atom. The van der Waals surface area contributed by atoms with Crippen LogP contribution < -0.4 is 4.90 Å². The van der Waals surface area contributed by atoms with E-state index >= 15 is 0 Å². The summed E-state index contributed by atoms with van der Waals surface area (Å²) in [7, 11) is 0. The van der Waals surface area contributed by atoms with Crippen LogP contribution in [0, 0.1) is 5.92 Å². The van der Waals surface area contributed by atoms with Gasteiger partial charge in [0.05, 0.1) is 0 Å². The molecule has 3 heterocycles. The number of amides is 3. The van der Waals surface area contributed by atoms with E-state index < -0.39 is 0 Å². The van der Waals surface area contributed by atoms with Gasteiger partial charge in [-0.15, -0.1) is 0 Å². The van der Waals surface area contributed by atoms with Crippen molar-refractivity contribution >= 4 is 23.4 Å². The molecule has 3 aliphatic rings. The number of nitrogens with zero attached hydrogens (tertiary/aromatic N) is 3. The number of fused-ring (bicyclic) bond motifs is 1. The summed E-state index contributed by atoms with van der Waals surface area (Å²) in [4.78, 5) is 43.3. The second kappa shape index (κ2) is 8.56. The third-order valence-electron chi connectivity index (χ3n) is 6.65. The van der Waals surface area contributed by atoms with Crippen LogP contribution in [-0.4, -0.2) is 60.2 Å². The maximum atomic E-state index is 13.0. The van der Waals surface area contributed by atoms with Crippen LogP contribution >= 0.6 is 0 Å². The molecule has 29 heavy (non-hydrogen) atoms. The van der Waals surface area contributed by atoms with Gasteiger partial charge >= 0.3 is 0 Å². The molecule has 6 nitrogen and oxygen atoms in total. The predicted molar refractivity (Wildman–Crippen MR) is 112 cm³/mol. The normalized spacial score (nSPS) is 20.4.